The molecule has 11 heteroatoms. The number of carbonyl (C=O) groups is 2. The minimum Gasteiger partial charge on any atom is -0.368 e. The van der Waals surface area contributed by atoms with Crippen LogP contribution in [0.15, 0.2) is 35.6 Å². The molecule has 0 spiro atoms. The van der Waals surface area contributed by atoms with Crippen molar-refractivity contribution in [1.82, 2.24) is 9.97 Å². The number of nitrogens with one attached hydrogen (secondary N) is 3. The van der Waals surface area contributed by atoms with E-state index in [2.05, 4.69) is 25.7 Å². The third kappa shape index (κ3) is 5.57. The molecule has 0 bridgehead atoms. The van der Waals surface area contributed by atoms with Gasteiger partial charge in [0, 0.05) is 30.2 Å². The Hall–Kier alpha value is -3.86. The van der Waals surface area contributed by atoms with Gasteiger partial charge in [-0.25, -0.2) is 4.98 Å². The van der Waals surface area contributed by atoms with Crippen molar-refractivity contribution in [3.05, 3.63) is 36.0 Å². The van der Waals surface area contributed by atoms with Crippen LogP contribution in [0.25, 0.3) is 0 Å². The maximum absolute atomic E-state index is 11.7. The first-order chi connectivity index (χ1) is 13.4. The lowest BCUT2D eigenvalue weighted by molar-refractivity contribution is -0.576. The van der Waals surface area contributed by atoms with E-state index in [1.165, 1.54) is 12.4 Å². The smallest absolute Gasteiger partial charge is 0.254 e. The standard InChI is InChI=1S/C17H21N9O2/c1-2-13(15(20)28)24-17-21-9-12(14(19)27)16(25-17)23-10-4-3-5-11(8-10)26-22-7-6-18/h3-9,13,18,26H,2H2,1H3,(H2,19,27)(H2,20,28)(H2,21,23,24,25)/p+1. The summed E-state index contributed by atoms with van der Waals surface area (Å²) in [7, 11) is 0. The second-order valence-corrected chi connectivity index (χ2v) is 5.67. The van der Waals surface area contributed by atoms with E-state index in [4.69, 9.17) is 16.9 Å². The van der Waals surface area contributed by atoms with Crippen molar-refractivity contribution in [2.24, 2.45) is 16.6 Å². The second-order valence-electron chi connectivity index (χ2n) is 5.67. The molecule has 28 heavy (non-hydrogen) atoms. The van der Waals surface area contributed by atoms with Gasteiger partial charge in [0.1, 0.15) is 23.6 Å². The van der Waals surface area contributed by atoms with Gasteiger partial charge in [0.15, 0.2) is 5.69 Å². The molecular weight excluding hydrogens is 362 g/mol. The normalized spacial score (nSPS) is 11.8. The van der Waals surface area contributed by atoms with Crippen molar-refractivity contribution in [3.63, 3.8) is 0 Å². The van der Waals surface area contributed by atoms with E-state index in [1.807, 2.05) is 6.07 Å². The average Bonchev–Trinajstić information content (AvgIpc) is 2.66. The zero-order valence-electron chi connectivity index (χ0n) is 15.2. The van der Waals surface area contributed by atoms with E-state index in [9.17, 15) is 9.59 Å². The van der Waals surface area contributed by atoms with Gasteiger partial charge in [-0.1, -0.05) is 18.1 Å². The Balaban J connectivity index is 2.30. The molecule has 0 aliphatic heterocycles. The van der Waals surface area contributed by atoms with Gasteiger partial charge in [-0.15, -0.1) is 0 Å². The van der Waals surface area contributed by atoms with Gasteiger partial charge in [-0.2, -0.15) is 10.4 Å². The molecule has 1 heterocycles. The van der Waals surface area contributed by atoms with Crippen LogP contribution in [0.1, 0.15) is 23.7 Å². The van der Waals surface area contributed by atoms with E-state index >= 15 is 0 Å². The number of nitrogens with zero attached hydrogens (tertiary/aromatic N) is 3. The zero-order valence-corrected chi connectivity index (χ0v) is 15.2. The fraction of sp³-hybridized carbons (Fsp3) is 0.176. The molecule has 9 N–H and O–H groups in total. The van der Waals surface area contributed by atoms with Crippen LogP contribution in [-0.2, 0) is 4.79 Å². The Morgan fingerprint density at radius 1 is 1.39 bits per heavy atom. The summed E-state index contributed by atoms with van der Waals surface area (Å²) in [6, 6.07) is 6.53. The summed E-state index contributed by atoms with van der Waals surface area (Å²) in [6.07, 6.45) is 4.14. The Morgan fingerprint density at radius 2 is 2.18 bits per heavy atom. The number of primary amides is 2. The molecule has 2 amide bonds. The van der Waals surface area contributed by atoms with E-state index in [-0.39, 0.29) is 17.3 Å². The van der Waals surface area contributed by atoms with Crippen LogP contribution < -0.4 is 27.5 Å². The van der Waals surface area contributed by atoms with Gasteiger partial charge < -0.3 is 27.5 Å². The molecule has 11 nitrogen and oxygen atoms in total. The molecule has 1 aromatic heterocycles. The maximum Gasteiger partial charge on any atom is 0.254 e. The summed E-state index contributed by atoms with van der Waals surface area (Å²) < 4.78 is 0. The highest BCUT2D eigenvalue weighted by molar-refractivity contribution is 6.14. The van der Waals surface area contributed by atoms with Crippen molar-refractivity contribution in [1.29, 1.82) is 5.41 Å². The number of rotatable bonds is 10. The zero-order chi connectivity index (χ0) is 20.5. The highest BCUT2D eigenvalue weighted by Gasteiger charge is 2.17. The predicted molar refractivity (Wildman–Crippen MR) is 106 cm³/mol. The third-order valence-electron chi connectivity index (χ3n) is 3.64. The molecule has 146 valence electrons. The third-order valence-corrected chi connectivity index (χ3v) is 3.64. The van der Waals surface area contributed by atoms with Crippen LogP contribution in [0.4, 0.5) is 23.1 Å². The number of anilines is 3. The number of quaternary nitrogens is 1. The first-order valence-electron chi connectivity index (χ1n) is 8.39. The molecule has 0 aliphatic rings. The SMILES string of the molecule is CCC(Nc1ncc(C(N)=O)c(Nc2cccc([NH2+]N=CC=N)c2)n1)C(N)=O. The molecule has 1 aromatic carbocycles. The summed E-state index contributed by atoms with van der Waals surface area (Å²) >= 11 is 0. The summed E-state index contributed by atoms with van der Waals surface area (Å²) in [6.45, 7) is 1.79. The summed E-state index contributed by atoms with van der Waals surface area (Å²) in [5, 5.41) is 16.7. The molecular formula is C17H22N9O2+. The predicted octanol–water partition coefficient (Wildman–Crippen LogP) is -0.175. The molecule has 1 atom stereocenters. The Labute approximate surface area is 161 Å². The fourth-order valence-corrected chi connectivity index (χ4v) is 2.26. The minimum absolute atomic E-state index is 0.0916. The van der Waals surface area contributed by atoms with Gasteiger partial charge >= 0.3 is 0 Å². The van der Waals surface area contributed by atoms with Crippen LogP contribution >= 0.6 is 0 Å². The van der Waals surface area contributed by atoms with Gasteiger partial charge in [0.25, 0.3) is 5.91 Å². The number of nitrogens with two attached hydrogens (primary N) is 3. The van der Waals surface area contributed by atoms with Crippen LogP contribution in [0.2, 0.25) is 0 Å². The lowest BCUT2D eigenvalue weighted by Gasteiger charge is -2.15. The van der Waals surface area contributed by atoms with Crippen molar-refractivity contribution >= 4 is 47.4 Å². The number of benzene rings is 1. The quantitative estimate of drug-likeness (QED) is 0.143. The van der Waals surface area contributed by atoms with Crippen LogP contribution in [0.5, 0.6) is 0 Å². The van der Waals surface area contributed by atoms with Crippen molar-refractivity contribution in [3.8, 4) is 0 Å². The first kappa shape index (κ1) is 20.5. The molecule has 0 fully saturated rings. The highest BCUT2D eigenvalue weighted by Crippen LogP contribution is 2.21. The van der Waals surface area contributed by atoms with Crippen LogP contribution in [0, 0.1) is 5.41 Å². The Kier molecular flexibility index (Phi) is 7.11. The molecule has 2 aromatic rings. The van der Waals surface area contributed by atoms with Crippen LogP contribution in [-0.4, -0.2) is 40.3 Å². The topological polar surface area (TPSA) is 189 Å². The number of carbonyl (C=O) groups excluding carboxylic acids is 2. The number of aromatic nitrogens is 2. The van der Waals surface area contributed by atoms with E-state index < -0.39 is 17.9 Å². The summed E-state index contributed by atoms with van der Waals surface area (Å²) in [5.74, 6) is -0.913. The molecule has 2 rings (SSSR count). The van der Waals surface area contributed by atoms with E-state index in [1.54, 1.807) is 30.5 Å². The number of hydrogen-bond donors (Lipinski definition) is 6. The second kappa shape index (κ2) is 9.73. The van der Waals surface area contributed by atoms with Gasteiger partial charge in [0.2, 0.25) is 11.9 Å². The summed E-state index contributed by atoms with van der Waals surface area (Å²) in [4.78, 5) is 31.4. The Morgan fingerprint density at radius 3 is 2.82 bits per heavy atom. The van der Waals surface area contributed by atoms with E-state index in [0.29, 0.717) is 12.1 Å². The molecule has 0 saturated heterocycles. The number of amides is 2. The minimum atomic E-state index is -0.700. The Bertz CT molecular complexity index is 898. The van der Waals surface area contributed by atoms with E-state index in [0.717, 1.165) is 11.9 Å². The molecule has 0 radical (unpaired) electrons. The van der Waals surface area contributed by atoms with Gasteiger partial charge in [-0.3, -0.25) is 9.59 Å². The van der Waals surface area contributed by atoms with Gasteiger partial charge in [-0.05, 0) is 12.5 Å². The molecule has 1 unspecified atom stereocenters. The van der Waals surface area contributed by atoms with Crippen molar-refractivity contribution in [2.75, 3.05) is 10.6 Å². The number of hydrogen-bond acceptors (Lipinski definition) is 8. The molecule has 0 saturated carbocycles. The largest absolute Gasteiger partial charge is 0.368 e. The average molecular weight is 384 g/mol. The van der Waals surface area contributed by atoms with Crippen molar-refractivity contribution < 1.29 is 15.0 Å². The first-order valence-corrected chi connectivity index (χ1v) is 8.39. The lowest BCUT2D eigenvalue weighted by Crippen LogP contribution is -2.71. The summed E-state index contributed by atoms with van der Waals surface area (Å²) in [5.41, 5.74) is 13.8. The van der Waals surface area contributed by atoms with Crippen molar-refractivity contribution in [2.45, 2.75) is 19.4 Å². The van der Waals surface area contributed by atoms with Crippen LogP contribution in [0.3, 0.4) is 0 Å². The maximum atomic E-state index is 11.7. The monoisotopic (exact) mass is 384 g/mol. The highest BCUT2D eigenvalue weighted by atomic mass is 16.1. The molecule has 0 aliphatic carbocycles. The lowest BCUT2D eigenvalue weighted by atomic mass is 10.2. The fourth-order valence-electron chi connectivity index (χ4n) is 2.26. The van der Waals surface area contributed by atoms with Gasteiger partial charge in [0.05, 0.1) is 0 Å².